The average molecular weight is 571 g/mol. The summed E-state index contributed by atoms with van der Waals surface area (Å²) >= 11 is 12.1. The van der Waals surface area contributed by atoms with Gasteiger partial charge in [0.2, 0.25) is 11.8 Å². The number of halogens is 8. The van der Waals surface area contributed by atoms with Gasteiger partial charge in [0.25, 0.3) is 5.91 Å². The molecule has 37 heavy (non-hydrogen) atoms. The molecule has 0 atom stereocenters. The number of rotatable bonds is 6. The number of fused-ring (bicyclic) bond motifs is 1. The average Bonchev–Trinajstić information content (AvgIpc) is 3.20. The van der Waals surface area contributed by atoms with E-state index in [0.717, 1.165) is 0 Å². The van der Waals surface area contributed by atoms with Crippen molar-refractivity contribution in [2.24, 2.45) is 5.92 Å². The van der Waals surface area contributed by atoms with Crippen molar-refractivity contribution in [3.8, 4) is 5.88 Å². The Hall–Kier alpha value is -3.00. The monoisotopic (exact) mass is 570 g/mol. The molecule has 1 aliphatic carbocycles. The van der Waals surface area contributed by atoms with Gasteiger partial charge in [-0.1, -0.05) is 23.2 Å². The highest BCUT2D eigenvalue weighted by molar-refractivity contribution is 6.39. The summed E-state index contributed by atoms with van der Waals surface area (Å²) in [6.45, 7) is -1.72. The van der Waals surface area contributed by atoms with Crippen molar-refractivity contribution in [1.29, 1.82) is 0 Å². The number of carbonyl (C=O) groups is 1. The van der Waals surface area contributed by atoms with E-state index < -0.39 is 42.7 Å². The van der Waals surface area contributed by atoms with E-state index in [1.54, 1.807) is 0 Å². The Labute approximate surface area is 215 Å². The number of aromatic amines is 1. The second-order valence-corrected chi connectivity index (χ2v) is 9.18. The summed E-state index contributed by atoms with van der Waals surface area (Å²) in [4.78, 5) is 27.7. The Kier molecular flexibility index (Phi) is 7.60. The second-order valence-electron chi connectivity index (χ2n) is 8.37. The van der Waals surface area contributed by atoms with Crippen LogP contribution in [0.1, 0.15) is 36.0 Å². The molecule has 0 aliphatic heterocycles. The Bertz CT molecular complexity index is 1270. The molecule has 1 aliphatic rings. The number of amides is 1. The number of aromatic nitrogens is 4. The van der Waals surface area contributed by atoms with Gasteiger partial charge >= 0.3 is 12.4 Å². The first-order valence-corrected chi connectivity index (χ1v) is 11.6. The molecule has 3 heterocycles. The van der Waals surface area contributed by atoms with Gasteiger partial charge in [0.05, 0.1) is 27.2 Å². The summed E-state index contributed by atoms with van der Waals surface area (Å²) in [7, 11) is 0. The summed E-state index contributed by atoms with van der Waals surface area (Å²) in [6.07, 6.45) is -6.59. The van der Waals surface area contributed by atoms with Crippen LogP contribution in [0.3, 0.4) is 0 Å². The number of hydrogen-bond acceptors (Lipinski definition) is 6. The molecular weight excluding hydrogens is 553 g/mol. The zero-order chi connectivity index (χ0) is 27.0. The maximum atomic E-state index is 12.9. The molecular formula is C21H18Cl2F6N6O2. The van der Waals surface area contributed by atoms with E-state index in [-0.39, 0.29) is 64.1 Å². The predicted octanol–water partition coefficient (Wildman–Crippen LogP) is 6.20. The van der Waals surface area contributed by atoms with Crippen LogP contribution in [-0.2, 0) is 0 Å². The molecule has 1 fully saturated rings. The summed E-state index contributed by atoms with van der Waals surface area (Å²) in [5.41, 5.74) is -0.0134. The fourth-order valence-electron chi connectivity index (χ4n) is 3.89. The standard InChI is InChI=1S/C21H18Cl2F6N6O2/c22-12-6-30-7-13(23)15(12)33-19-32-14-5-11(18(34-16(14)35-19)37-8-20(24,25)26)17(36)31-10-3-1-9(2-4-10)21(27,28)29/h5-7,9-10H,1-4,8H2,(H,31,36)(H2,30,32,33,34,35). The minimum absolute atomic E-state index is 0.0577. The molecule has 3 aromatic heterocycles. The topological polar surface area (TPSA) is 105 Å². The summed E-state index contributed by atoms with van der Waals surface area (Å²) < 4.78 is 82.0. The van der Waals surface area contributed by atoms with Gasteiger partial charge < -0.3 is 20.4 Å². The van der Waals surface area contributed by atoms with E-state index in [2.05, 4.69) is 30.6 Å². The predicted molar refractivity (Wildman–Crippen MR) is 122 cm³/mol. The Morgan fingerprint density at radius 1 is 1.05 bits per heavy atom. The van der Waals surface area contributed by atoms with E-state index in [4.69, 9.17) is 27.9 Å². The maximum absolute atomic E-state index is 12.9. The molecule has 4 rings (SSSR count). The third kappa shape index (κ3) is 6.66. The fourth-order valence-corrected chi connectivity index (χ4v) is 4.34. The van der Waals surface area contributed by atoms with Gasteiger partial charge in [0, 0.05) is 18.4 Å². The van der Waals surface area contributed by atoms with Crippen LogP contribution in [0.15, 0.2) is 18.5 Å². The molecule has 8 nitrogen and oxygen atoms in total. The number of pyridine rings is 2. The summed E-state index contributed by atoms with van der Waals surface area (Å²) in [5.74, 6) is -2.87. The highest BCUT2D eigenvalue weighted by Gasteiger charge is 2.41. The number of alkyl halides is 6. The van der Waals surface area contributed by atoms with Crippen LogP contribution >= 0.6 is 23.2 Å². The quantitative estimate of drug-likeness (QED) is 0.305. The van der Waals surface area contributed by atoms with Crippen LogP contribution in [-0.4, -0.2) is 50.8 Å². The number of nitrogens with one attached hydrogen (secondary N) is 3. The smallest absolute Gasteiger partial charge is 0.422 e. The molecule has 16 heteroatoms. The van der Waals surface area contributed by atoms with Gasteiger partial charge in [-0.25, -0.2) is 0 Å². The van der Waals surface area contributed by atoms with E-state index in [9.17, 15) is 31.1 Å². The van der Waals surface area contributed by atoms with Gasteiger partial charge in [0.1, 0.15) is 5.56 Å². The highest BCUT2D eigenvalue weighted by Crippen LogP contribution is 2.38. The van der Waals surface area contributed by atoms with Crippen LogP contribution in [0.5, 0.6) is 5.88 Å². The van der Waals surface area contributed by atoms with Crippen molar-refractivity contribution in [3.63, 3.8) is 0 Å². The number of carbonyl (C=O) groups excluding carboxylic acids is 1. The van der Waals surface area contributed by atoms with Gasteiger partial charge in [-0.3, -0.25) is 9.78 Å². The molecule has 0 bridgehead atoms. The van der Waals surface area contributed by atoms with Crippen LogP contribution in [0.25, 0.3) is 11.2 Å². The third-order valence-electron chi connectivity index (χ3n) is 5.68. The first-order valence-electron chi connectivity index (χ1n) is 10.8. The van der Waals surface area contributed by atoms with Crippen molar-refractivity contribution in [1.82, 2.24) is 25.3 Å². The Morgan fingerprint density at radius 3 is 2.30 bits per heavy atom. The number of imidazole rings is 1. The molecule has 0 aromatic carbocycles. The molecule has 1 amide bonds. The van der Waals surface area contributed by atoms with E-state index in [1.165, 1.54) is 18.5 Å². The lowest BCUT2D eigenvalue weighted by Gasteiger charge is -2.30. The SMILES string of the molecule is O=C(NC1CCC(C(F)(F)F)CC1)c1cc2[nH]c(Nc3c(Cl)cncc3Cl)nc2nc1OCC(F)(F)F. The minimum atomic E-state index is -4.71. The number of ether oxygens (including phenoxy) is 1. The first-order chi connectivity index (χ1) is 17.3. The van der Waals surface area contributed by atoms with Gasteiger partial charge in [-0.2, -0.15) is 36.3 Å². The zero-order valence-corrected chi connectivity index (χ0v) is 20.1. The van der Waals surface area contributed by atoms with Crippen LogP contribution < -0.4 is 15.4 Å². The lowest BCUT2D eigenvalue weighted by atomic mass is 9.85. The molecule has 3 N–H and O–H groups in total. The largest absolute Gasteiger partial charge is 0.467 e. The van der Waals surface area contributed by atoms with E-state index in [0.29, 0.717) is 0 Å². The second kappa shape index (κ2) is 10.4. The molecule has 200 valence electrons. The first kappa shape index (κ1) is 27.0. The van der Waals surface area contributed by atoms with Crippen LogP contribution in [0.2, 0.25) is 10.0 Å². The molecule has 0 saturated heterocycles. The molecule has 0 radical (unpaired) electrons. The number of nitrogens with zero attached hydrogens (tertiary/aromatic N) is 3. The van der Waals surface area contributed by atoms with Gasteiger partial charge in [-0.05, 0) is 31.7 Å². The summed E-state index contributed by atoms with van der Waals surface area (Å²) in [6, 6.07) is 0.603. The highest BCUT2D eigenvalue weighted by atomic mass is 35.5. The van der Waals surface area contributed by atoms with Crippen molar-refractivity contribution < 1.29 is 35.9 Å². The Morgan fingerprint density at radius 2 is 1.70 bits per heavy atom. The Balaban J connectivity index is 1.59. The molecule has 1 saturated carbocycles. The van der Waals surface area contributed by atoms with Crippen LogP contribution in [0.4, 0.5) is 38.0 Å². The van der Waals surface area contributed by atoms with Gasteiger partial charge in [0.15, 0.2) is 12.3 Å². The minimum Gasteiger partial charge on any atom is -0.467 e. The van der Waals surface area contributed by atoms with Crippen LogP contribution in [0, 0.1) is 5.92 Å². The number of anilines is 2. The number of hydrogen-bond donors (Lipinski definition) is 3. The molecule has 0 spiro atoms. The third-order valence-corrected chi connectivity index (χ3v) is 6.25. The fraction of sp³-hybridized carbons (Fsp3) is 0.429. The van der Waals surface area contributed by atoms with Gasteiger partial charge in [-0.15, -0.1) is 0 Å². The van der Waals surface area contributed by atoms with E-state index >= 15 is 0 Å². The number of H-pyrrole nitrogens is 1. The van der Waals surface area contributed by atoms with Crippen molar-refractivity contribution in [2.75, 3.05) is 11.9 Å². The zero-order valence-electron chi connectivity index (χ0n) is 18.6. The van der Waals surface area contributed by atoms with Crippen molar-refractivity contribution in [2.45, 2.75) is 44.1 Å². The van der Waals surface area contributed by atoms with E-state index in [1.807, 2.05) is 0 Å². The molecule has 3 aromatic rings. The summed E-state index contributed by atoms with van der Waals surface area (Å²) in [5, 5.41) is 5.71. The van der Waals surface area contributed by atoms with Crippen molar-refractivity contribution in [3.05, 3.63) is 34.1 Å². The van der Waals surface area contributed by atoms with Crippen molar-refractivity contribution >= 4 is 51.9 Å². The molecule has 0 unspecified atom stereocenters. The lowest BCUT2D eigenvalue weighted by Crippen LogP contribution is -2.40. The maximum Gasteiger partial charge on any atom is 0.422 e. The lowest BCUT2D eigenvalue weighted by molar-refractivity contribution is -0.182. The normalized spacial score (nSPS) is 18.6.